The summed E-state index contributed by atoms with van der Waals surface area (Å²) in [7, 11) is -3.91. The summed E-state index contributed by atoms with van der Waals surface area (Å²) < 4.78 is 27.6. The van der Waals surface area contributed by atoms with Crippen molar-refractivity contribution in [1.29, 1.82) is 0 Å². The number of anilines is 2. The van der Waals surface area contributed by atoms with E-state index in [9.17, 15) is 13.2 Å². The molecule has 0 atom stereocenters. The third kappa shape index (κ3) is 4.55. The Morgan fingerprint density at radius 3 is 2.14 bits per heavy atom. The van der Waals surface area contributed by atoms with Crippen LogP contribution in [0.2, 0.25) is 0 Å². The first-order valence-corrected chi connectivity index (χ1v) is 10.2. The van der Waals surface area contributed by atoms with Gasteiger partial charge in [-0.3, -0.25) is 14.1 Å². The van der Waals surface area contributed by atoms with Gasteiger partial charge in [0.15, 0.2) is 0 Å². The fourth-order valence-corrected chi connectivity index (χ4v) is 4.05. The minimum atomic E-state index is -3.91. The van der Waals surface area contributed by atoms with E-state index in [0.29, 0.717) is 11.4 Å². The molecule has 3 aromatic rings. The molecule has 0 aliphatic rings. The summed E-state index contributed by atoms with van der Waals surface area (Å²) in [5.74, 6) is -0.454. The summed E-state index contributed by atoms with van der Waals surface area (Å²) in [5, 5.41) is 2.68. The van der Waals surface area contributed by atoms with E-state index in [4.69, 9.17) is 0 Å². The molecule has 0 saturated heterocycles. The van der Waals surface area contributed by atoms with Crippen molar-refractivity contribution in [3.05, 3.63) is 84.2 Å². The molecule has 0 spiro atoms. The second kappa shape index (κ2) is 8.22. The Labute approximate surface area is 164 Å². The van der Waals surface area contributed by atoms with E-state index in [2.05, 4.69) is 10.3 Å². The number of sulfonamides is 1. The first-order chi connectivity index (χ1) is 13.4. The van der Waals surface area contributed by atoms with Gasteiger partial charge < -0.3 is 5.32 Å². The standard InChI is InChI=1S/C21H21N3O3S/c1-16-5-9-19(10-6-16)24(15-21(25)23-18-4-3-13-22-14-18)28(26,27)20-11-7-17(2)8-12-20/h3-14H,15H2,1-2H3,(H,23,25). The number of benzene rings is 2. The molecule has 28 heavy (non-hydrogen) atoms. The van der Waals surface area contributed by atoms with Crippen molar-refractivity contribution < 1.29 is 13.2 Å². The van der Waals surface area contributed by atoms with Gasteiger partial charge >= 0.3 is 0 Å². The van der Waals surface area contributed by atoms with Gasteiger partial charge in [-0.1, -0.05) is 35.4 Å². The molecular weight excluding hydrogens is 374 g/mol. The number of aryl methyl sites for hydroxylation is 2. The van der Waals surface area contributed by atoms with Gasteiger partial charge in [0, 0.05) is 6.20 Å². The van der Waals surface area contributed by atoms with Crippen molar-refractivity contribution in [2.75, 3.05) is 16.2 Å². The first kappa shape index (κ1) is 19.6. The van der Waals surface area contributed by atoms with Gasteiger partial charge in [-0.05, 0) is 50.2 Å². The average Bonchev–Trinajstić information content (AvgIpc) is 2.68. The Bertz CT molecular complexity index is 1050. The van der Waals surface area contributed by atoms with Crippen LogP contribution in [0.1, 0.15) is 11.1 Å². The Hall–Kier alpha value is -3.19. The molecule has 0 aliphatic heterocycles. The van der Waals surface area contributed by atoms with E-state index in [1.165, 1.54) is 6.20 Å². The minimum absolute atomic E-state index is 0.132. The maximum Gasteiger partial charge on any atom is 0.264 e. The van der Waals surface area contributed by atoms with Crippen LogP contribution in [0.4, 0.5) is 11.4 Å². The highest BCUT2D eigenvalue weighted by molar-refractivity contribution is 7.92. The molecule has 0 saturated carbocycles. The van der Waals surface area contributed by atoms with Crippen LogP contribution in [0, 0.1) is 13.8 Å². The van der Waals surface area contributed by atoms with Crippen LogP contribution in [0.15, 0.2) is 78.0 Å². The molecule has 3 rings (SSSR count). The normalized spacial score (nSPS) is 11.1. The van der Waals surface area contributed by atoms with Crippen LogP contribution in [0.5, 0.6) is 0 Å². The Morgan fingerprint density at radius 2 is 1.57 bits per heavy atom. The topological polar surface area (TPSA) is 79.4 Å². The van der Waals surface area contributed by atoms with Crippen molar-refractivity contribution in [3.8, 4) is 0 Å². The number of carbonyl (C=O) groups is 1. The molecule has 6 nitrogen and oxygen atoms in total. The van der Waals surface area contributed by atoms with E-state index < -0.39 is 15.9 Å². The molecule has 7 heteroatoms. The van der Waals surface area contributed by atoms with Crippen molar-refractivity contribution in [2.24, 2.45) is 0 Å². The van der Waals surface area contributed by atoms with Crippen molar-refractivity contribution >= 4 is 27.3 Å². The molecule has 1 N–H and O–H groups in total. The van der Waals surface area contributed by atoms with Crippen molar-refractivity contribution in [2.45, 2.75) is 18.7 Å². The summed E-state index contributed by atoms with van der Waals surface area (Å²) in [6, 6.07) is 16.9. The smallest absolute Gasteiger partial charge is 0.264 e. The van der Waals surface area contributed by atoms with Crippen LogP contribution in [0.25, 0.3) is 0 Å². The fraction of sp³-hybridized carbons (Fsp3) is 0.143. The molecule has 0 aliphatic carbocycles. The van der Waals surface area contributed by atoms with E-state index in [-0.39, 0.29) is 11.4 Å². The monoisotopic (exact) mass is 395 g/mol. The van der Waals surface area contributed by atoms with Crippen LogP contribution in [-0.2, 0) is 14.8 Å². The first-order valence-electron chi connectivity index (χ1n) is 8.72. The summed E-state index contributed by atoms with van der Waals surface area (Å²) in [6.45, 7) is 3.45. The zero-order valence-electron chi connectivity index (χ0n) is 15.7. The number of nitrogens with one attached hydrogen (secondary N) is 1. The maximum absolute atomic E-state index is 13.3. The molecule has 1 heterocycles. The van der Waals surface area contributed by atoms with E-state index in [0.717, 1.165) is 15.4 Å². The highest BCUT2D eigenvalue weighted by Gasteiger charge is 2.27. The lowest BCUT2D eigenvalue weighted by molar-refractivity contribution is -0.114. The molecule has 0 bridgehead atoms. The van der Waals surface area contributed by atoms with Gasteiger partial charge in [0.2, 0.25) is 5.91 Å². The molecular formula is C21H21N3O3S. The number of pyridine rings is 1. The lowest BCUT2D eigenvalue weighted by atomic mass is 10.2. The number of aromatic nitrogens is 1. The van der Waals surface area contributed by atoms with Crippen LogP contribution in [0.3, 0.4) is 0 Å². The molecule has 1 amide bonds. The molecule has 2 aromatic carbocycles. The van der Waals surface area contributed by atoms with Crippen molar-refractivity contribution in [1.82, 2.24) is 4.98 Å². The van der Waals surface area contributed by atoms with Gasteiger partial charge in [-0.25, -0.2) is 8.42 Å². The second-order valence-electron chi connectivity index (χ2n) is 6.45. The second-order valence-corrected chi connectivity index (χ2v) is 8.31. The Kier molecular flexibility index (Phi) is 5.75. The van der Waals surface area contributed by atoms with Crippen molar-refractivity contribution in [3.63, 3.8) is 0 Å². The molecule has 1 aromatic heterocycles. The number of rotatable bonds is 6. The number of carbonyl (C=O) groups excluding carboxylic acids is 1. The highest BCUT2D eigenvalue weighted by Crippen LogP contribution is 2.24. The van der Waals surface area contributed by atoms with Crippen LogP contribution < -0.4 is 9.62 Å². The minimum Gasteiger partial charge on any atom is -0.323 e. The van der Waals surface area contributed by atoms with Crippen LogP contribution >= 0.6 is 0 Å². The zero-order chi connectivity index (χ0) is 20.1. The van der Waals surface area contributed by atoms with Gasteiger partial charge in [-0.2, -0.15) is 0 Å². The van der Waals surface area contributed by atoms with Crippen LogP contribution in [-0.4, -0.2) is 25.9 Å². The van der Waals surface area contributed by atoms with E-state index in [1.807, 2.05) is 26.0 Å². The number of hydrogen-bond donors (Lipinski definition) is 1. The zero-order valence-corrected chi connectivity index (χ0v) is 16.5. The largest absolute Gasteiger partial charge is 0.323 e. The SMILES string of the molecule is Cc1ccc(N(CC(=O)Nc2cccnc2)S(=O)(=O)c2ccc(C)cc2)cc1. The summed E-state index contributed by atoms with van der Waals surface area (Å²) in [4.78, 5) is 16.6. The number of hydrogen-bond acceptors (Lipinski definition) is 4. The lowest BCUT2D eigenvalue weighted by Gasteiger charge is -2.24. The highest BCUT2D eigenvalue weighted by atomic mass is 32.2. The fourth-order valence-electron chi connectivity index (χ4n) is 2.63. The number of nitrogens with zero attached hydrogens (tertiary/aromatic N) is 2. The Morgan fingerprint density at radius 1 is 0.964 bits per heavy atom. The number of amides is 1. The van der Waals surface area contributed by atoms with Gasteiger partial charge in [-0.15, -0.1) is 0 Å². The summed E-state index contributed by atoms with van der Waals surface area (Å²) in [6.07, 6.45) is 3.10. The van der Waals surface area contributed by atoms with E-state index in [1.54, 1.807) is 54.7 Å². The third-order valence-electron chi connectivity index (χ3n) is 4.16. The molecule has 0 radical (unpaired) electrons. The predicted molar refractivity (Wildman–Crippen MR) is 110 cm³/mol. The summed E-state index contributed by atoms with van der Waals surface area (Å²) in [5.41, 5.74) is 2.88. The third-order valence-corrected chi connectivity index (χ3v) is 5.95. The molecule has 0 unspecified atom stereocenters. The maximum atomic E-state index is 13.3. The lowest BCUT2D eigenvalue weighted by Crippen LogP contribution is -2.38. The van der Waals surface area contributed by atoms with E-state index >= 15 is 0 Å². The quantitative estimate of drug-likeness (QED) is 0.692. The molecule has 0 fully saturated rings. The predicted octanol–water partition coefficient (Wildman–Crippen LogP) is 3.53. The van der Waals surface area contributed by atoms with Gasteiger partial charge in [0.05, 0.1) is 22.5 Å². The average molecular weight is 395 g/mol. The molecule has 144 valence electrons. The summed E-state index contributed by atoms with van der Waals surface area (Å²) >= 11 is 0. The Balaban J connectivity index is 1.94. The van der Waals surface area contributed by atoms with Gasteiger partial charge in [0.25, 0.3) is 10.0 Å². The van der Waals surface area contributed by atoms with Gasteiger partial charge in [0.1, 0.15) is 6.54 Å².